The molecule has 2 unspecified atom stereocenters. The number of benzene rings is 1. The second-order valence-corrected chi connectivity index (χ2v) is 9.69. The van der Waals surface area contributed by atoms with E-state index in [0.29, 0.717) is 51.2 Å². The van der Waals surface area contributed by atoms with Gasteiger partial charge in [0.05, 0.1) is 31.4 Å². The van der Waals surface area contributed by atoms with Crippen molar-refractivity contribution in [2.75, 3.05) is 33.9 Å². The number of ether oxygens (including phenoxy) is 3. The SMILES string of the molecule is CCOC(=O)C=c1sc(=Cc2cc(OC)cc(OC)c2)c(=O)n1CC(=O)N1CC(C)CC(C)C1. The van der Waals surface area contributed by atoms with Crippen LogP contribution in [0.4, 0.5) is 0 Å². The number of hydrogen-bond donors (Lipinski definition) is 0. The molecule has 2 aromatic rings. The topological polar surface area (TPSA) is 87.1 Å². The van der Waals surface area contributed by atoms with Crippen molar-refractivity contribution >= 4 is 35.4 Å². The second-order valence-electron chi connectivity index (χ2n) is 8.63. The largest absolute Gasteiger partial charge is 0.497 e. The van der Waals surface area contributed by atoms with Crippen LogP contribution in [0.2, 0.25) is 0 Å². The Kier molecular flexibility index (Phi) is 8.55. The molecule has 1 aromatic carbocycles. The molecule has 1 saturated heterocycles. The number of esters is 1. The molecule has 2 heterocycles. The maximum Gasteiger partial charge on any atom is 0.333 e. The molecule has 0 bridgehead atoms. The van der Waals surface area contributed by atoms with E-state index in [1.807, 2.05) is 4.90 Å². The molecule has 1 amide bonds. The zero-order chi connectivity index (χ0) is 24.8. The van der Waals surface area contributed by atoms with Crippen molar-refractivity contribution in [2.45, 2.75) is 33.7 Å². The molecule has 1 fully saturated rings. The van der Waals surface area contributed by atoms with Crippen molar-refractivity contribution < 1.29 is 23.8 Å². The van der Waals surface area contributed by atoms with E-state index in [1.54, 1.807) is 45.4 Å². The highest BCUT2D eigenvalue weighted by Gasteiger charge is 2.26. The number of likely N-dealkylation sites (tertiary alicyclic amines) is 1. The van der Waals surface area contributed by atoms with Gasteiger partial charge in [-0.3, -0.25) is 14.2 Å². The molecule has 0 N–H and O–H groups in total. The number of amides is 1. The quantitative estimate of drug-likeness (QED) is 0.551. The summed E-state index contributed by atoms with van der Waals surface area (Å²) in [7, 11) is 3.11. The number of thiazole rings is 1. The van der Waals surface area contributed by atoms with Crippen LogP contribution in [0, 0.1) is 11.8 Å². The second kappa shape index (κ2) is 11.4. The van der Waals surface area contributed by atoms with Gasteiger partial charge in [0, 0.05) is 19.2 Å². The summed E-state index contributed by atoms with van der Waals surface area (Å²) in [6, 6.07) is 5.30. The van der Waals surface area contributed by atoms with Crippen molar-refractivity contribution in [1.29, 1.82) is 0 Å². The summed E-state index contributed by atoms with van der Waals surface area (Å²) in [5.74, 6) is 1.30. The minimum absolute atomic E-state index is 0.130. The summed E-state index contributed by atoms with van der Waals surface area (Å²) in [6.07, 6.45) is 4.05. The fourth-order valence-corrected chi connectivity index (χ4v) is 5.27. The van der Waals surface area contributed by atoms with Gasteiger partial charge < -0.3 is 19.1 Å². The van der Waals surface area contributed by atoms with E-state index in [4.69, 9.17) is 14.2 Å². The highest BCUT2D eigenvalue weighted by atomic mass is 32.1. The van der Waals surface area contributed by atoms with Crippen molar-refractivity contribution in [1.82, 2.24) is 9.47 Å². The molecule has 9 heteroatoms. The first-order chi connectivity index (χ1) is 16.2. The Balaban J connectivity index is 2.05. The fourth-order valence-electron chi connectivity index (χ4n) is 4.24. The fraction of sp³-hybridized carbons (Fsp3) is 0.480. The van der Waals surface area contributed by atoms with Crippen LogP contribution in [-0.2, 0) is 20.9 Å². The maximum absolute atomic E-state index is 13.3. The summed E-state index contributed by atoms with van der Waals surface area (Å²) >= 11 is 1.14. The Labute approximate surface area is 203 Å². The Bertz CT molecular complexity index is 1180. The third-order valence-corrected chi connectivity index (χ3v) is 6.71. The minimum Gasteiger partial charge on any atom is -0.497 e. The van der Waals surface area contributed by atoms with Crippen LogP contribution in [0.25, 0.3) is 12.2 Å². The number of aromatic nitrogens is 1. The van der Waals surface area contributed by atoms with Gasteiger partial charge in [-0.2, -0.15) is 0 Å². The lowest BCUT2D eigenvalue weighted by molar-refractivity contribution is -0.136. The molecule has 1 aliphatic rings. The molecule has 2 atom stereocenters. The van der Waals surface area contributed by atoms with Crippen molar-refractivity contribution in [3.05, 3.63) is 43.3 Å². The Hall–Kier alpha value is -3.07. The normalized spacial score (nSPS) is 19.3. The number of hydrogen-bond acceptors (Lipinski definition) is 7. The predicted molar refractivity (Wildman–Crippen MR) is 132 cm³/mol. The highest BCUT2D eigenvalue weighted by Crippen LogP contribution is 2.23. The van der Waals surface area contributed by atoms with Gasteiger partial charge in [-0.25, -0.2) is 4.79 Å². The summed E-state index contributed by atoms with van der Waals surface area (Å²) in [6.45, 7) is 7.39. The van der Waals surface area contributed by atoms with Crippen LogP contribution < -0.4 is 24.2 Å². The molecule has 8 nitrogen and oxygen atoms in total. The van der Waals surface area contributed by atoms with Crippen molar-refractivity contribution in [2.24, 2.45) is 11.8 Å². The minimum atomic E-state index is -0.556. The highest BCUT2D eigenvalue weighted by molar-refractivity contribution is 7.07. The zero-order valence-electron chi connectivity index (χ0n) is 20.3. The van der Waals surface area contributed by atoms with E-state index in [0.717, 1.165) is 17.8 Å². The number of carbonyl (C=O) groups excluding carboxylic acids is 2. The molecule has 34 heavy (non-hydrogen) atoms. The average Bonchev–Trinajstić information content (AvgIpc) is 3.06. The molecular weight excluding hydrogens is 456 g/mol. The molecule has 0 radical (unpaired) electrons. The van der Waals surface area contributed by atoms with E-state index in [9.17, 15) is 14.4 Å². The summed E-state index contributed by atoms with van der Waals surface area (Å²) in [5, 5.41) is 0. The first kappa shape index (κ1) is 25.6. The number of piperidine rings is 1. The van der Waals surface area contributed by atoms with Crippen molar-refractivity contribution in [3.63, 3.8) is 0 Å². The third-order valence-electron chi connectivity index (χ3n) is 5.65. The smallest absolute Gasteiger partial charge is 0.333 e. The van der Waals surface area contributed by atoms with Crippen LogP contribution in [0.1, 0.15) is 32.8 Å². The number of nitrogens with zero attached hydrogens (tertiary/aromatic N) is 2. The maximum atomic E-state index is 13.3. The molecule has 1 aromatic heterocycles. The summed E-state index contributed by atoms with van der Waals surface area (Å²) in [4.78, 5) is 40.4. The van der Waals surface area contributed by atoms with Crippen molar-refractivity contribution in [3.8, 4) is 11.5 Å². The zero-order valence-corrected chi connectivity index (χ0v) is 21.1. The van der Waals surface area contributed by atoms with Gasteiger partial charge >= 0.3 is 5.97 Å². The van der Waals surface area contributed by atoms with Gasteiger partial charge in [-0.1, -0.05) is 13.8 Å². The monoisotopic (exact) mass is 488 g/mol. The molecule has 1 aliphatic heterocycles. The van der Waals surface area contributed by atoms with Gasteiger partial charge in [-0.15, -0.1) is 11.3 Å². The Morgan fingerprint density at radius 1 is 1.09 bits per heavy atom. The lowest BCUT2D eigenvalue weighted by Gasteiger charge is -2.35. The average molecular weight is 489 g/mol. The van der Waals surface area contributed by atoms with Gasteiger partial charge in [0.1, 0.15) is 22.7 Å². The van der Waals surface area contributed by atoms with E-state index < -0.39 is 5.97 Å². The number of rotatable bonds is 7. The van der Waals surface area contributed by atoms with E-state index in [1.165, 1.54) is 10.6 Å². The molecule has 0 spiro atoms. The predicted octanol–water partition coefficient (Wildman–Crippen LogP) is 1.60. The van der Waals surface area contributed by atoms with Gasteiger partial charge in [-0.05, 0) is 49.0 Å². The van der Waals surface area contributed by atoms with Gasteiger partial charge in [0.25, 0.3) is 5.56 Å². The Morgan fingerprint density at radius 2 is 1.71 bits per heavy atom. The standard InChI is InChI=1S/C25H32N2O6S/c1-6-33-24(29)12-23-27(15-22(28)26-13-16(2)7-17(3)14-26)25(30)21(34-23)10-18-8-19(31-4)11-20(9-18)32-5/h8-12,16-17H,6-7,13-15H2,1-5H3. The Morgan fingerprint density at radius 3 is 2.26 bits per heavy atom. The van der Waals surface area contributed by atoms with Crippen LogP contribution >= 0.6 is 11.3 Å². The lowest BCUT2D eigenvalue weighted by Crippen LogP contribution is -2.46. The molecule has 184 valence electrons. The first-order valence-corrected chi connectivity index (χ1v) is 12.2. The van der Waals surface area contributed by atoms with Gasteiger partial charge in [0.2, 0.25) is 5.91 Å². The van der Waals surface area contributed by atoms with Crippen LogP contribution in [0.5, 0.6) is 11.5 Å². The van der Waals surface area contributed by atoms with Gasteiger partial charge in [0.15, 0.2) is 0 Å². The molecule has 0 saturated carbocycles. The third kappa shape index (κ3) is 6.28. The van der Waals surface area contributed by atoms with Crippen LogP contribution in [-0.4, -0.2) is 55.3 Å². The molecule has 3 rings (SSSR count). The molecular formula is C25H32N2O6S. The van der Waals surface area contributed by atoms with Crippen LogP contribution in [0.15, 0.2) is 23.0 Å². The summed E-state index contributed by atoms with van der Waals surface area (Å²) in [5.41, 5.74) is 0.364. The van der Waals surface area contributed by atoms with E-state index >= 15 is 0 Å². The lowest BCUT2D eigenvalue weighted by atomic mass is 9.92. The molecule has 0 aliphatic carbocycles. The summed E-state index contributed by atoms with van der Waals surface area (Å²) < 4.78 is 17.8. The van der Waals surface area contributed by atoms with E-state index in [2.05, 4.69) is 13.8 Å². The number of methoxy groups -OCH3 is 2. The van der Waals surface area contributed by atoms with Crippen LogP contribution in [0.3, 0.4) is 0 Å². The number of carbonyl (C=O) groups is 2. The first-order valence-electron chi connectivity index (χ1n) is 11.3. The van der Waals surface area contributed by atoms with E-state index in [-0.39, 0.29) is 24.6 Å².